The molecule has 0 N–H and O–H groups in total. The second kappa shape index (κ2) is 5.76. The highest BCUT2D eigenvalue weighted by atomic mass is 32.2. The van der Waals surface area contributed by atoms with E-state index in [2.05, 4.69) is 33.6 Å². The molecule has 1 aromatic heterocycles. The van der Waals surface area contributed by atoms with Crippen LogP contribution in [0.5, 0.6) is 0 Å². The first-order chi connectivity index (χ1) is 11.1. The first-order valence-corrected chi connectivity index (χ1v) is 10.3. The summed E-state index contributed by atoms with van der Waals surface area (Å²) < 4.78 is 27.9. The molecular weight excluding hydrogens is 328 g/mol. The number of thiophene rings is 1. The van der Waals surface area contributed by atoms with Gasteiger partial charge in [0.2, 0.25) is 0 Å². The molecule has 1 fully saturated rings. The normalized spacial score (nSPS) is 23.2. The molecule has 3 heterocycles. The fraction of sp³-hybridized carbons (Fsp3) is 0.353. The molecule has 23 heavy (non-hydrogen) atoms. The summed E-state index contributed by atoms with van der Waals surface area (Å²) in [4.78, 5) is 4.58. The molecule has 0 bridgehead atoms. The molecule has 0 saturated carbocycles. The van der Waals surface area contributed by atoms with E-state index in [0.717, 1.165) is 25.2 Å². The Morgan fingerprint density at radius 1 is 1.09 bits per heavy atom. The van der Waals surface area contributed by atoms with E-state index in [9.17, 15) is 8.42 Å². The molecule has 1 atom stereocenters. The summed E-state index contributed by atoms with van der Waals surface area (Å²) in [6.45, 7) is 1.50. The van der Waals surface area contributed by atoms with Gasteiger partial charge in [-0.05, 0) is 30.5 Å². The van der Waals surface area contributed by atoms with Crippen molar-refractivity contribution in [2.75, 3.05) is 18.8 Å². The predicted octanol–water partition coefficient (Wildman–Crippen LogP) is 3.34. The molecule has 2 aliphatic heterocycles. The van der Waals surface area contributed by atoms with Crippen molar-refractivity contribution in [1.29, 1.82) is 0 Å². The van der Waals surface area contributed by atoms with Crippen molar-refractivity contribution < 1.29 is 8.42 Å². The van der Waals surface area contributed by atoms with Crippen molar-refractivity contribution in [3.8, 4) is 10.4 Å². The van der Waals surface area contributed by atoms with Gasteiger partial charge in [0.25, 0.3) is 10.0 Å². The molecule has 0 amide bonds. The molecule has 2 aliphatic rings. The number of piperidine rings is 1. The van der Waals surface area contributed by atoms with E-state index in [-0.39, 0.29) is 11.7 Å². The van der Waals surface area contributed by atoms with E-state index in [1.54, 1.807) is 11.3 Å². The average molecular weight is 346 g/mol. The molecule has 120 valence electrons. The van der Waals surface area contributed by atoms with Crippen LogP contribution < -0.4 is 0 Å². The molecular formula is C17H18N2O2S2. The van der Waals surface area contributed by atoms with Crippen molar-refractivity contribution in [1.82, 2.24) is 4.90 Å². The zero-order valence-electron chi connectivity index (χ0n) is 12.7. The number of hydrogen-bond donors (Lipinski definition) is 0. The van der Waals surface area contributed by atoms with Crippen molar-refractivity contribution in [2.45, 2.75) is 18.8 Å². The van der Waals surface area contributed by atoms with Crippen molar-refractivity contribution in [3.05, 3.63) is 47.3 Å². The summed E-state index contributed by atoms with van der Waals surface area (Å²) in [5, 5.41) is 0. The second-order valence-electron chi connectivity index (χ2n) is 5.99. The fourth-order valence-electron chi connectivity index (χ4n) is 3.28. The monoisotopic (exact) mass is 346 g/mol. The lowest BCUT2D eigenvalue weighted by Gasteiger charge is -2.37. The lowest BCUT2D eigenvalue weighted by atomic mass is 9.95. The maximum absolute atomic E-state index is 11.9. The van der Waals surface area contributed by atoms with E-state index in [1.165, 1.54) is 15.3 Å². The minimum absolute atomic E-state index is 0.112. The van der Waals surface area contributed by atoms with Crippen LogP contribution >= 0.6 is 11.3 Å². The standard InChI is InChI=1S/C17H18N2O2S2/c20-23(21)12-11-19-10-4-7-14(17(19)18-23)16-9-8-15(22-16)13-5-2-1-3-6-13/h1-3,5-6,8-9,14H,4,7,10-12H2. The van der Waals surface area contributed by atoms with Crippen LogP contribution in [0.25, 0.3) is 10.4 Å². The van der Waals surface area contributed by atoms with Crippen LogP contribution in [0, 0.1) is 0 Å². The van der Waals surface area contributed by atoms with E-state index < -0.39 is 10.0 Å². The smallest absolute Gasteiger partial charge is 0.256 e. The van der Waals surface area contributed by atoms with Crippen LogP contribution in [0.3, 0.4) is 0 Å². The maximum Gasteiger partial charge on any atom is 0.256 e. The number of nitrogens with zero attached hydrogens (tertiary/aromatic N) is 2. The van der Waals surface area contributed by atoms with Gasteiger partial charge in [-0.1, -0.05) is 30.3 Å². The predicted molar refractivity (Wildman–Crippen MR) is 94.5 cm³/mol. The Kier molecular flexibility index (Phi) is 3.73. The maximum atomic E-state index is 11.9. The number of hydrogen-bond acceptors (Lipinski definition) is 4. The van der Waals surface area contributed by atoms with Gasteiger partial charge in [-0.15, -0.1) is 15.7 Å². The Morgan fingerprint density at radius 3 is 2.74 bits per heavy atom. The lowest BCUT2D eigenvalue weighted by Crippen LogP contribution is -2.45. The number of sulfonamides is 1. The Hall–Kier alpha value is -1.66. The molecule has 6 heteroatoms. The van der Waals surface area contributed by atoms with Crippen molar-refractivity contribution in [2.24, 2.45) is 4.40 Å². The number of benzene rings is 1. The minimum Gasteiger partial charge on any atom is -0.358 e. The van der Waals surface area contributed by atoms with Gasteiger partial charge >= 0.3 is 0 Å². The zero-order valence-corrected chi connectivity index (χ0v) is 14.3. The van der Waals surface area contributed by atoms with E-state index in [0.29, 0.717) is 6.54 Å². The van der Waals surface area contributed by atoms with Gasteiger partial charge in [0.05, 0.1) is 11.7 Å². The highest BCUT2D eigenvalue weighted by molar-refractivity contribution is 7.90. The molecule has 2 aromatic rings. The Labute approximate surface area is 140 Å². The van der Waals surface area contributed by atoms with Gasteiger partial charge in [0.1, 0.15) is 5.84 Å². The van der Waals surface area contributed by atoms with Gasteiger partial charge in [0.15, 0.2) is 0 Å². The van der Waals surface area contributed by atoms with Crippen LogP contribution in [0.1, 0.15) is 23.6 Å². The lowest BCUT2D eigenvalue weighted by molar-refractivity contribution is 0.367. The van der Waals surface area contributed by atoms with E-state index in [1.807, 2.05) is 18.2 Å². The summed E-state index contributed by atoms with van der Waals surface area (Å²) in [5.41, 5.74) is 1.20. The molecule has 4 rings (SSSR count). The highest BCUT2D eigenvalue weighted by Gasteiger charge is 2.34. The third-order valence-electron chi connectivity index (χ3n) is 4.44. The SMILES string of the molecule is O=S1(=O)CCN2CCCC(c3ccc(-c4ccccc4)s3)C2=N1. The Morgan fingerprint density at radius 2 is 1.91 bits per heavy atom. The molecule has 1 unspecified atom stereocenters. The van der Waals surface area contributed by atoms with Crippen LogP contribution in [0.15, 0.2) is 46.9 Å². The first kappa shape index (κ1) is 14.9. The van der Waals surface area contributed by atoms with Gasteiger partial charge < -0.3 is 4.90 Å². The Bertz CT molecular complexity index is 840. The second-order valence-corrected chi connectivity index (χ2v) is 8.86. The summed E-state index contributed by atoms with van der Waals surface area (Å²) in [6.07, 6.45) is 2.06. The van der Waals surface area contributed by atoms with Gasteiger partial charge in [0, 0.05) is 22.8 Å². The van der Waals surface area contributed by atoms with Gasteiger partial charge in [-0.25, -0.2) is 8.42 Å². The summed E-state index contributed by atoms with van der Waals surface area (Å²) in [5.74, 6) is 1.01. The molecule has 1 aromatic carbocycles. The first-order valence-electron chi connectivity index (χ1n) is 7.85. The number of rotatable bonds is 2. The van der Waals surface area contributed by atoms with Crippen LogP contribution in [0.2, 0.25) is 0 Å². The van der Waals surface area contributed by atoms with Gasteiger partial charge in [-0.3, -0.25) is 0 Å². The van der Waals surface area contributed by atoms with Crippen molar-refractivity contribution in [3.63, 3.8) is 0 Å². The van der Waals surface area contributed by atoms with Gasteiger partial charge in [-0.2, -0.15) is 0 Å². The average Bonchev–Trinajstić information content (AvgIpc) is 3.04. The summed E-state index contributed by atoms with van der Waals surface area (Å²) in [7, 11) is -3.29. The third kappa shape index (κ3) is 2.93. The van der Waals surface area contributed by atoms with Crippen LogP contribution in [0.4, 0.5) is 0 Å². The molecule has 0 radical (unpaired) electrons. The Balaban J connectivity index is 1.70. The van der Waals surface area contributed by atoms with E-state index in [4.69, 9.17) is 0 Å². The third-order valence-corrected chi connectivity index (χ3v) is 6.85. The summed E-state index contributed by atoms with van der Waals surface area (Å²) in [6, 6.07) is 14.6. The minimum atomic E-state index is -3.29. The number of fused-ring (bicyclic) bond motifs is 1. The summed E-state index contributed by atoms with van der Waals surface area (Å²) >= 11 is 1.75. The molecule has 0 aliphatic carbocycles. The fourth-order valence-corrected chi connectivity index (χ4v) is 5.49. The quantitative estimate of drug-likeness (QED) is 0.838. The molecule has 0 spiro atoms. The van der Waals surface area contributed by atoms with Crippen molar-refractivity contribution >= 4 is 27.2 Å². The largest absolute Gasteiger partial charge is 0.358 e. The number of amidine groups is 1. The van der Waals surface area contributed by atoms with E-state index >= 15 is 0 Å². The molecule has 1 saturated heterocycles. The zero-order chi connectivity index (χ0) is 15.9. The van der Waals surface area contributed by atoms with Crippen LogP contribution in [-0.2, 0) is 10.0 Å². The molecule has 4 nitrogen and oxygen atoms in total. The highest BCUT2D eigenvalue weighted by Crippen LogP contribution is 2.38. The topological polar surface area (TPSA) is 49.7 Å². The van der Waals surface area contributed by atoms with Crippen LogP contribution in [-0.4, -0.2) is 38.0 Å².